The van der Waals surface area contributed by atoms with Crippen LogP contribution in [0.4, 0.5) is 0 Å². The number of aromatic nitrogens is 2. The first kappa shape index (κ1) is 5.92. The van der Waals surface area contributed by atoms with Gasteiger partial charge in [0.1, 0.15) is 5.82 Å². The minimum Gasteiger partial charge on any atom is -0.319 e. The van der Waals surface area contributed by atoms with E-state index in [-0.39, 0.29) is 0 Å². The van der Waals surface area contributed by atoms with Gasteiger partial charge in [0, 0.05) is 24.9 Å². The van der Waals surface area contributed by atoms with Gasteiger partial charge in [-0.2, -0.15) is 0 Å². The SMILES string of the molecule is Cc1ncc2n1CNCC2. The fourth-order valence-electron chi connectivity index (χ4n) is 1.34. The monoisotopic (exact) mass is 137 g/mol. The maximum atomic E-state index is 4.22. The summed E-state index contributed by atoms with van der Waals surface area (Å²) in [5.41, 5.74) is 1.36. The molecule has 0 fully saturated rings. The maximum absolute atomic E-state index is 4.22. The van der Waals surface area contributed by atoms with E-state index in [1.807, 2.05) is 13.1 Å². The third-order valence-electron chi connectivity index (χ3n) is 1.97. The van der Waals surface area contributed by atoms with Gasteiger partial charge in [0.15, 0.2) is 0 Å². The van der Waals surface area contributed by atoms with Gasteiger partial charge in [0.05, 0.1) is 6.67 Å². The van der Waals surface area contributed by atoms with Crippen LogP contribution >= 0.6 is 0 Å². The van der Waals surface area contributed by atoms with E-state index in [1.54, 1.807) is 0 Å². The highest BCUT2D eigenvalue weighted by atomic mass is 15.2. The largest absolute Gasteiger partial charge is 0.319 e. The quantitative estimate of drug-likeness (QED) is 0.557. The lowest BCUT2D eigenvalue weighted by atomic mass is 10.3. The van der Waals surface area contributed by atoms with Crippen molar-refractivity contribution in [1.29, 1.82) is 0 Å². The molecule has 0 spiro atoms. The minimum absolute atomic E-state index is 0.932. The number of nitrogens with one attached hydrogen (secondary N) is 1. The van der Waals surface area contributed by atoms with Crippen LogP contribution in [0.3, 0.4) is 0 Å². The Morgan fingerprint density at radius 3 is 3.40 bits per heavy atom. The number of imidazole rings is 1. The van der Waals surface area contributed by atoms with Gasteiger partial charge in [-0.15, -0.1) is 0 Å². The summed E-state index contributed by atoms with van der Waals surface area (Å²) in [4.78, 5) is 4.22. The first-order valence-corrected chi connectivity index (χ1v) is 3.59. The van der Waals surface area contributed by atoms with Crippen LogP contribution in [0.15, 0.2) is 6.20 Å². The second kappa shape index (κ2) is 2.09. The summed E-state index contributed by atoms with van der Waals surface area (Å²) in [6, 6.07) is 0. The fraction of sp³-hybridized carbons (Fsp3) is 0.571. The van der Waals surface area contributed by atoms with Crippen LogP contribution in [0.5, 0.6) is 0 Å². The highest BCUT2D eigenvalue weighted by Gasteiger charge is 2.09. The van der Waals surface area contributed by atoms with Crippen molar-refractivity contribution in [2.24, 2.45) is 0 Å². The van der Waals surface area contributed by atoms with Crippen LogP contribution in [0, 0.1) is 6.92 Å². The first-order valence-electron chi connectivity index (χ1n) is 3.59. The summed E-state index contributed by atoms with van der Waals surface area (Å²) in [7, 11) is 0. The number of aryl methyl sites for hydroxylation is 1. The smallest absolute Gasteiger partial charge is 0.106 e. The minimum atomic E-state index is 0.932. The van der Waals surface area contributed by atoms with Gasteiger partial charge in [0.25, 0.3) is 0 Å². The zero-order valence-electron chi connectivity index (χ0n) is 6.09. The number of nitrogens with zero attached hydrogens (tertiary/aromatic N) is 2. The summed E-state index contributed by atoms with van der Waals surface area (Å²) >= 11 is 0. The topological polar surface area (TPSA) is 29.9 Å². The molecule has 54 valence electrons. The molecule has 0 atom stereocenters. The second-order valence-corrected chi connectivity index (χ2v) is 2.63. The van der Waals surface area contributed by atoms with E-state index in [1.165, 1.54) is 5.69 Å². The lowest BCUT2D eigenvalue weighted by Crippen LogP contribution is -2.28. The molecule has 0 bridgehead atoms. The van der Waals surface area contributed by atoms with Gasteiger partial charge in [-0.25, -0.2) is 4.98 Å². The molecule has 3 heteroatoms. The number of rotatable bonds is 0. The van der Waals surface area contributed by atoms with Crippen molar-refractivity contribution < 1.29 is 0 Å². The summed E-state index contributed by atoms with van der Waals surface area (Å²) < 4.78 is 2.21. The van der Waals surface area contributed by atoms with Crippen LogP contribution < -0.4 is 5.32 Å². The Hall–Kier alpha value is -0.830. The van der Waals surface area contributed by atoms with Gasteiger partial charge in [0.2, 0.25) is 0 Å². The predicted molar refractivity (Wildman–Crippen MR) is 38.7 cm³/mol. The second-order valence-electron chi connectivity index (χ2n) is 2.63. The maximum Gasteiger partial charge on any atom is 0.106 e. The van der Waals surface area contributed by atoms with Crippen molar-refractivity contribution in [2.75, 3.05) is 6.54 Å². The van der Waals surface area contributed by atoms with Crippen molar-refractivity contribution >= 4 is 0 Å². The molecule has 1 N–H and O–H groups in total. The van der Waals surface area contributed by atoms with E-state index in [0.717, 1.165) is 25.5 Å². The molecule has 10 heavy (non-hydrogen) atoms. The molecule has 1 aliphatic rings. The molecule has 1 aromatic rings. The van der Waals surface area contributed by atoms with Gasteiger partial charge < -0.3 is 4.57 Å². The first-order chi connectivity index (χ1) is 4.88. The number of fused-ring (bicyclic) bond motifs is 1. The lowest BCUT2D eigenvalue weighted by molar-refractivity contribution is 0.486. The number of hydrogen-bond donors (Lipinski definition) is 1. The van der Waals surface area contributed by atoms with Crippen molar-refractivity contribution in [3.63, 3.8) is 0 Å². The Kier molecular flexibility index (Phi) is 1.24. The lowest BCUT2D eigenvalue weighted by Gasteiger charge is -2.16. The van der Waals surface area contributed by atoms with Gasteiger partial charge in [-0.05, 0) is 6.92 Å². The van der Waals surface area contributed by atoms with E-state index in [2.05, 4.69) is 14.9 Å². The van der Waals surface area contributed by atoms with E-state index in [4.69, 9.17) is 0 Å². The Morgan fingerprint density at radius 1 is 1.70 bits per heavy atom. The van der Waals surface area contributed by atoms with Crippen LogP contribution in [0.1, 0.15) is 11.5 Å². The molecule has 0 saturated carbocycles. The average molecular weight is 137 g/mol. The summed E-state index contributed by atoms with van der Waals surface area (Å²) in [5, 5.41) is 3.29. The molecule has 1 aromatic heterocycles. The Bertz CT molecular complexity index is 239. The van der Waals surface area contributed by atoms with E-state index < -0.39 is 0 Å². The summed E-state index contributed by atoms with van der Waals surface area (Å²) in [5.74, 6) is 1.11. The van der Waals surface area contributed by atoms with Crippen molar-refractivity contribution in [3.05, 3.63) is 17.7 Å². The van der Waals surface area contributed by atoms with Crippen molar-refractivity contribution in [3.8, 4) is 0 Å². The van der Waals surface area contributed by atoms with E-state index in [0.29, 0.717) is 0 Å². The van der Waals surface area contributed by atoms with Crippen LogP contribution in [0.25, 0.3) is 0 Å². The fourth-order valence-corrected chi connectivity index (χ4v) is 1.34. The van der Waals surface area contributed by atoms with E-state index >= 15 is 0 Å². The molecule has 0 aliphatic carbocycles. The third-order valence-corrected chi connectivity index (χ3v) is 1.97. The molecule has 0 radical (unpaired) electrons. The Labute approximate surface area is 60.1 Å². The third kappa shape index (κ3) is 0.743. The predicted octanol–water partition coefficient (Wildman–Crippen LogP) is 0.295. The van der Waals surface area contributed by atoms with Crippen molar-refractivity contribution in [1.82, 2.24) is 14.9 Å². The van der Waals surface area contributed by atoms with E-state index in [9.17, 15) is 0 Å². The summed E-state index contributed by atoms with van der Waals surface area (Å²) in [6.07, 6.45) is 3.08. The molecule has 0 aromatic carbocycles. The zero-order chi connectivity index (χ0) is 6.97. The highest BCUT2D eigenvalue weighted by molar-refractivity contribution is 5.06. The van der Waals surface area contributed by atoms with Gasteiger partial charge >= 0.3 is 0 Å². The molecule has 1 aliphatic heterocycles. The van der Waals surface area contributed by atoms with Crippen LogP contribution in [-0.4, -0.2) is 16.1 Å². The molecule has 2 heterocycles. The van der Waals surface area contributed by atoms with Crippen LogP contribution in [-0.2, 0) is 13.1 Å². The van der Waals surface area contributed by atoms with Gasteiger partial charge in [-0.3, -0.25) is 5.32 Å². The number of hydrogen-bond acceptors (Lipinski definition) is 2. The summed E-state index contributed by atoms with van der Waals surface area (Å²) in [6.45, 7) is 4.06. The standard InChI is InChI=1S/C7H11N3/c1-6-9-4-7-2-3-8-5-10(6)7/h4,8H,2-3,5H2,1H3. The Morgan fingerprint density at radius 2 is 2.60 bits per heavy atom. The molecular weight excluding hydrogens is 126 g/mol. The normalized spacial score (nSPS) is 16.9. The molecule has 0 amide bonds. The highest BCUT2D eigenvalue weighted by Crippen LogP contribution is 2.06. The zero-order valence-corrected chi connectivity index (χ0v) is 6.09. The average Bonchev–Trinajstić information content (AvgIpc) is 2.34. The molecule has 2 rings (SSSR count). The van der Waals surface area contributed by atoms with Gasteiger partial charge in [-0.1, -0.05) is 0 Å². The molecule has 0 saturated heterocycles. The molecular formula is C7H11N3. The van der Waals surface area contributed by atoms with Crippen LogP contribution in [0.2, 0.25) is 0 Å². The molecule has 3 nitrogen and oxygen atoms in total. The van der Waals surface area contributed by atoms with Crippen molar-refractivity contribution in [2.45, 2.75) is 20.0 Å². The molecule has 0 unspecified atom stereocenters. The Balaban J connectivity index is 2.45.